The molecule has 6 heteroatoms. The van der Waals surface area contributed by atoms with Crippen molar-refractivity contribution in [1.82, 2.24) is 20.4 Å². The molecule has 1 aromatic rings. The first-order valence-corrected chi connectivity index (χ1v) is 8.35. The van der Waals surface area contributed by atoms with Gasteiger partial charge < -0.3 is 15.4 Å². The summed E-state index contributed by atoms with van der Waals surface area (Å²) >= 11 is 0. The van der Waals surface area contributed by atoms with E-state index in [2.05, 4.69) is 15.7 Å². The van der Waals surface area contributed by atoms with Crippen molar-refractivity contribution < 1.29 is 9.53 Å². The molecule has 2 N–H and O–H groups in total. The molecule has 122 valence electrons. The van der Waals surface area contributed by atoms with Crippen LogP contribution < -0.4 is 10.6 Å². The van der Waals surface area contributed by atoms with Crippen LogP contribution in [0.1, 0.15) is 51.0 Å². The fourth-order valence-corrected chi connectivity index (χ4v) is 3.75. The van der Waals surface area contributed by atoms with Crippen molar-refractivity contribution in [3.8, 4) is 0 Å². The highest BCUT2D eigenvalue weighted by Crippen LogP contribution is 2.28. The molecule has 22 heavy (non-hydrogen) atoms. The van der Waals surface area contributed by atoms with Gasteiger partial charge in [-0.25, -0.2) is 4.79 Å². The lowest BCUT2D eigenvalue weighted by Gasteiger charge is -2.32. The number of aromatic nitrogens is 2. The molecule has 0 saturated heterocycles. The van der Waals surface area contributed by atoms with Crippen LogP contribution in [0.3, 0.4) is 0 Å². The van der Waals surface area contributed by atoms with E-state index >= 15 is 0 Å². The summed E-state index contributed by atoms with van der Waals surface area (Å²) in [6.45, 7) is 0. The number of ether oxygens (including phenoxy) is 1. The Balaban J connectivity index is 1.53. The second-order valence-corrected chi connectivity index (χ2v) is 6.43. The Kier molecular flexibility index (Phi) is 4.97. The number of hydrogen-bond donors (Lipinski definition) is 2. The Morgan fingerprint density at radius 3 is 2.82 bits per heavy atom. The molecular formula is C16H26N4O2. The molecule has 1 heterocycles. The van der Waals surface area contributed by atoms with Crippen LogP contribution in [-0.2, 0) is 4.74 Å². The minimum absolute atomic E-state index is 0.0502. The van der Waals surface area contributed by atoms with Crippen molar-refractivity contribution in [2.45, 2.75) is 69.2 Å². The maximum absolute atomic E-state index is 12.3. The van der Waals surface area contributed by atoms with Crippen LogP contribution in [0.2, 0.25) is 0 Å². The summed E-state index contributed by atoms with van der Waals surface area (Å²) in [5.74, 6) is 0. The molecule has 2 aliphatic rings. The summed E-state index contributed by atoms with van der Waals surface area (Å²) in [6.07, 6.45) is 11.5. The maximum Gasteiger partial charge on any atom is 0.315 e. The minimum Gasteiger partial charge on any atom is -0.381 e. The molecular weight excluding hydrogens is 280 g/mol. The molecule has 1 aromatic heterocycles. The van der Waals surface area contributed by atoms with E-state index < -0.39 is 0 Å². The van der Waals surface area contributed by atoms with Gasteiger partial charge in [-0.3, -0.25) is 4.68 Å². The summed E-state index contributed by atoms with van der Waals surface area (Å²) in [4.78, 5) is 12.3. The Bertz CT molecular complexity index is 477. The fourth-order valence-electron chi connectivity index (χ4n) is 3.75. The summed E-state index contributed by atoms with van der Waals surface area (Å²) in [5, 5.41) is 10.6. The predicted octanol–water partition coefficient (Wildman–Crippen LogP) is 2.23. The zero-order chi connectivity index (χ0) is 15.4. The monoisotopic (exact) mass is 306 g/mol. The van der Waals surface area contributed by atoms with Gasteiger partial charge in [0.05, 0.1) is 18.2 Å². The van der Waals surface area contributed by atoms with E-state index in [0.717, 1.165) is 38.5 Å². The third kappa shape index (κ3) is 3.61. The van der Waals surface area contributed by atoms with E-state index in [0.29, 0.717) is 0 Å². The molecule has 2 saturated carbocycles. The van der Waals surface area contributed by atoms with Gasteiger partial charge in [-0.1, -0.05) is 12.8 Å². The number of rotatable bonds is 4. The number of carbonyl (C=O) groups is 1. The molecule has 2 fully saturated rings. The quantitative estimate of drug-likeness (QED) is 0.896. The molecule has 0 unspecified atom stereocenters. The van der Waals surface area contributed by atoms with E-state index in [-0.39, 0.29) is 30.3 Å². The predicted molar refractivity (Wildman–Crippen MR) is 83.6 cm³/mol. The van der Waals surface area contributed by atoms with Gasteiger partial charge in [-0.2, -0.15) is 5.10 Å². The van der Waals surface area contributed by atoms with Crippen LogP contribution in [0.4, 0.5) is 4.79 Å². The van der Waals surface area contributed by atoms with Crippen molar-refractivity contribution in [1.29, 1.82) is 0 Å². The first kappa shape index (κ1) is 15.3. The van der Waals surface area contributed by atoms with Crippen molar-refractivity contribution in [3.05, 3.63) is 18.5 Å². The first-order chi connectivity index (χ1) is 10.8. The van der Waals surface area contributed by atoms with Crippen LogP contribution in [0.15, 0.2) is 18.5 Å². The Morgan fingerprint density at radius 1 is 1.23 bits per heavy atom. The van der Waals surface area contributed by atoms with Gasteiger partial charge in [0.15, 0.2) is 0 Å². The van der Waals surface area contributed by atoms with E-state index in [1.54, 1.807) is 13.3 Å². The number of carbonyl (C=O) groups excluding carboxylic acids is 1. The highest BCUT2D eigenvalue weighted by Gasteiger charge is 2.30. The largest absolute Gasteiger partial charge is 0.381 e. The van der Waals surface area contributed by atoms with Gasteiger partial charge in [0, 0.05) is 25.5 Å². The molecule has 6 nitrogen and oxygen atoms in total. The lowest BCUT2D eigenvalue weighted by molar-refractivity contribution is 0.107. The molecule has 0 aliphatic heterocycles. The highest BCUT2D eigenvalue weighted by molar-refractivity contribution is 5.74. The summed E-state index contributed by atoms with van der Waals surface area (Å²) in [7, 11) is 1.74. The number of nitrogens with one attached hydrogen (secondary N) is 2. The van der Waals surface area contributed by atoms with E-state index in [1.165, 1.54) is 6.42 Å². The fraction of sp³-hybridized carbons (Fsp3) is 0.750. The van der Waals surface area contributed by atoms with Crippen LogP contribution in [0, 0.1) is 0 Å². The SMILES string of the molecule is CO[C@@H]1CC[C@H](NC(=O)N[C@@H]2CCCC[C@@H]2n2cccn2)C1. The van der Waals surface area contributed by atoms with E-state index in [9.17, 15) is 4.79 Å². The van der Waals surface area contributed by atoms with Crippen LogP contribution in [0.25, 0.3) is 0 Å². The van der Waals surface area contributed by atoms with E-state index in [4.69, 9.17) is 4.74 Å². The van der Waals surface area contributed by atoms with Crippen molar-refractivity contribution in [2.75, 3.05) is 7.11 Å². The average molecular weight is 306 g/mol. The lowest BCUT2D eigenvalue weighted by atomic mass is 9.90. The maximum atomic E-state index is 12.3. The average Bonchev–Trinajstić information content (AvgIpc) is 3.19. The van der Waals surface area contributed by atoms with Gasteiger partial charge in [0.2, 0.25) is 0 Å². The molecule has 4 atom stereocenters. The van der Waals surface area contributed by atoms with Gasteiger partial charge in [0.1, 0.15) is 0 Å². The molecule has 0 aromatic carbocycles. The number of nitrogens with zero attached hydrogens (tertiary/aromatic N) is 2. The molecule has 3 rings (SSSR count). The zero-order valence-electron chi connectivity index (χ0n) is 13.2. The van der Waals surface area contributed by atoms with Gasteiger partial charge in [0.25, 0.3) is 0 Å². The highest BCUT2D eigenvalue weighted by atomic mass is 16.5. The third-order valence-electron chi connectivity index (χ3n) is 4.96. The molecule has 0 spiro atoms. The van der Waals surface area contributed by atoms with Crippen molar-refractivity contribution in [3.63, 3.8) is 0 Å². The zero-order valence-corrected chi connectivity index (χ0v) is 13.2. The summed E-state index contributed by atoms with van der Waals surface area (Å²) in [6, 6.07) is 2.55. The summed E-state index contributed by atoms with van der Waals surface area (Å²) < 4.78 is 7.34. The van der Waals surface area contributed by atoms with Gasteiger partial charge in [-0.05, 0) is 38.2 Å². The lowest BCUT2D eigenvalue weighted by Crippen LogP contribution is -2.49. The molecule has 2 aliphatic carbocycles. The third-order valence-corrected chi connectivity index (χ3v) is 4.96. The smallest absolute Gasteiger partial charge is 0.315 e. The standard InChI is InChI=1S/C16H26N4O2/c1-22-13-8-7-12(11-13)18-16(21)19-14-5-2-3-6-15(14)20-10-4-9-17-20/h4,9-10,12-15H,2-3,5-8,11H2,1H3,(H2,18,19,21)/t12-,13+,14+,15-/m0/s1. The Labute approximate surface area is 131 Å². The Hall–Kier alpha value is -1.56. The Morgan fingerprint density at radius 2 is 2.09 bits per heavy atom. The van der Waals surface area contributed by atoms with Crippen molar-refractivity contribution in [2.24, 2.45) is 0 Å². The number of methoxy groups -OCH3 is 1. The van der Waals surface area contributed by atoms with E-state index in [1.807, 2.05) is 16.9 Å². The number of hydrogen-bond acceptors (Lipinski definition) is 3. The van der Waals surface area contributed by atoms with Crippen LogP contribution in [-0.4, -0.2) is 41.1 Å². The van der Waals surface area contributed by atoms with Gasteiger partial charge >= 0.3 is 6.03 Å². The van der Waals surface area contributed by atoms with Crippen molar-refractivity contribution >= 4 is 6.03 Å². The molecule has 0 bridgehead atoms. The molecule has 2 amide bonds. The minimum atomic E-state index is -0.0502. The topological polar surface area (TPSA) is 68.2 Å². The second kappa shape index (κ2) is 7.13. The number of amides is 2. The van der Waals surface area contributed by atoms with Crippen LogP contribution in [0.5, 0.6) is 0 Å². The second-order valence-electron chi connectivity index (χ2n) is 6.43. The normalized spacial score (nSPS) is 31.9. The van der Waals surface area contributed by atoms with Gasteiger partial charge in [-0.15, -0.1) is 0 Å². The number of urea groups is 1. The first-order valence-electron chi connectivity index (χ1n) is 8.35. The van der Waals surface area contributed by atoms with Crippen LogP contribution >= 0.6 is 0 Å². The molecule has 0 radical (unpaired) electrons. The summed E-state index contributed by atoms with van der Waals surface area (Å²) in [5.41, 5.74) is 0.